The zero-order valence-corrected chi connectivity index (χ0v) is 10.7. The second kappa shape index (κ2) is 5.73. The highest BCUT2D eigenvalue weighted by Gasteiger charge is 2.31. The molecule has 0 spiro atoms. The van der Waals surface area contributed by atoms with Crippen molar-refractivity contribution in [1.29, 1.82) is 0 Å². The Kier molecular flexibility index (Phi) is 4.24. The summed E-state index contributed by atoms with van der Waals surface area (Å²) in [7, 11) is 0. The van der Waals surface area contributed by atoms with E-state index < -0.39 is 11.7 Å². The maximum Gasteiger partial charge on any atom is 0.419 e. The largest absolute Gasteiger partial charge is 0.419 e. The number of anilines is 1. The van der Waals surface area contributed by atoms with Gasteiger partial charge in [-0.2, -0.15) is 13.2 Å². The van der Waals surface area contributed by atoms with Crippen LogP contribution in [0.2, 0.25) is 0 Å². The molecule has 0 saturated heterocycles. The maximum absolute atomic E-state index is 12.3. The third-order valence-electron chi connectivity index (χ3n) is 3.00. The monoisotopic (exact) mass is 274 g/mol. The summed E-state index contributed by atoms with van der Waals surface area (Å²) in [6, 6.07) is 0.228. The molecule has 2 N–H and O–H groups in total. The summed E-state index contributed by atoms with van der Waals surface area (Å²) in [4.78, 5) is 7.31. The molecule has 1 aromatic rings. The van der Waals surface area contributed by atoms with Gasteiger partial charge in [0.05, 0.1) is 5.56 Å². The first-order chi connectivity index (χ1) is 8.95. The minimum Gasteiger partial charge on any atom is -0.353 e. The summed E-state index contributed by atoms with van der Waals surface area (Å²) in [5.41, 5.74) is -0.835. The van der Waals surface area contributed by atoms with Gasteiger partial charge in [-0.05, 0) is 32.2 Å². The van der Waals surface area contributed by atoms with Crippen LogP contribution < -0.4 is 10.6 Å². The lowest BCUT2D eigenvalue weighted by molar-refractivity contribution is -0.138. The van der Waals surface area contributed by atoms with E-state index in [1.165, 1.54) is 12.8 Å². The first-order valence-electron chi connectivity index (χ1n) is 6.31. The molecule has 1 atom stereocenters. The summed E-state index contributed by atoms with van der Waals surface area (Å²) >= 11 is 0. The van der Waals surface area contributed by atoms with E-state index in [4.69, 9.17) is 0 Å². The lowest BCUT2D eigenvalue weighted by Gasteiger charge is -2.14. The van der Waals surface area contributed by atoms with Crippen molar-refractivity contribution >= 4 is 5.95 Å². The number of halogens is 3. The third-order valence-corrected chi connectivity index (χ3v) is 3.00. The number of hydrogen-bond acceptors (Lipinski definition) is 4. The van der Waals surface area contributed by atoms with E-state index in [1.54, 1.807) is 0 Å². The Morgan fingerprint density at radius 2 is 1.95 bits per heavy atom. The number of nitrogens with one attached hydrogen (secondary N) is 2. The Balaban J connectivity index is 1.75. The maximum atomic E-state index is 12.3. The van der Waals surface area contributed by atoms with E-state index in [9.17, 15) is 13.2 Å². The van der Waals surface area contributed by atoms with Gasteiger partial charge in [0.25, 0.3) is 0 Å². The Morgan fingerprint density at radius 3 is 2.47 bits per heavy atom. The highest BCUT2D eigenvalue weighted by Crippen LogP contribution is 2.28. The molecule has 0 unspecified atom stereocenters. The summed E-state index contributed by atoms with van der Waals surface area (Å²) in [6.07, 6.45) is -0.239. The van der Waals surface area contributed by atoms with Crippen molar-refractivity contribution in [3.63, 3.8) is 0 Å². The molecular weight excluding hydrogens is 257 g/mol. The Bertz CT molecular complexity index is 400. The summed E-state index contributed by atoms with van der Waals surface area (Å²) in [5.74, 6) is 1.01. The quantitative estimate of drug-likeness (QED) is 0.835. The minimum absolute atomic E-state index is 0.216. The van der Waals surface area contributed by atoms with E-state index >= 15 is 0 Å². The molecule has 4 nitrogen and oxygen atoms in total. The molecule has 0 radical (unpaired) electrons. The molecule has 106 valence electrons. The van der Waals surface area contributed by atoms with Gasteiger partial charge < -0.3 is 10.6 Å². The fourth-order valence-corrected chi connectivity index (χ4v) is 1.57. The zero-order chi connectivity index (χ0) is 13.9. The van der Waals surface area contributed by atoms with Crippen LogP contribution in [0.15, 0.2) is 12.4 Å². The van der Waals surface area contributed by atoms with Crippen LogP contribution in [0.1, 0.15) is 25.3 Å². The predicted molar refractivity (Wildman–Crippen MR) is 65.7 cm³/mol. The van der Waals surface area contributed by atoms with E-state index in [0.717, 1.165) is 24.9 Å². The van der Waals surface area contributed by atoms with Crippen LogP contribution in [0.5, 0.6) is 0 Å². The van der Waals surface area contributed by atoms with E-state index in [2.05, 4.69) is 20.6 Å². The zero-order valence-electron chi connectivity index (χ0n) is 10.7. The second-order valence-corrected chi connectivity index (χ2v) is 4.93. The van der Waals surface area contributed by atoms with Gasteiger partial charge >= 0.3 is 6.18 Å². The average Bonchev–Trinajstić information content (AvgIpc) is 3.17. The van der Waals surface area contributed by atoms with Crippen LogP contribution in [0, 0.1) is 5.92 Å². The molecule has 19 heavy (non-hydrogen) atoms. The third kappa shape index (κ3) is 4.66. The molecule has 0 amide bonds. The van der Waals surface area contributed by atoms with Crippen LogP contribution in [0.4, 0.5) is 19.1 Å². The average molecular weight is 274 g/mol. The van der Waals surface area contributed by atoms with Crippen molar-refractivity contribution in [2.75, 3.05) is 18.4 Å². The molecule has 0 bridgehead atoms. The van der Waals surface area contributed by atoms with Gasteiger partial charge in [0.2, 0.25) is 5.95 Å². The van der Waals surface area contributed by atoms with Crippen LogP contribution in [0.3, 0.4) is 0 Å². The smallest absolute Gasteiger partial charge is 0.353 e. The first-order valence-corrected chi connectivity index (χ1v) is 6.31. The van der Waals surface area contributed by atoms with Gasteiger partial charge in [-0.1, -0.05) is 0 Å². The van der Waals surface area contributed by atoms with Crippen LogP contribution in [0.25, 0.3) is 0 Å². The predicted octanol–water partition coefficient (Wildman–Crippen LogP) is 2.30. The van der Waals surface area contributed by atoms with Crippen molar-refractivity contribution < 1.29 is 13.2 Å². The molecule has 7 heteroatoms. The fourth-order valence-electron chi connectivity index (χ4n) is 1.57. The van der Waals surface area contributed by atoms with Gasteiger partial charge in [0.1, 0.15) is 0 Å². The van der Waals surface area contributed by atoms with Gasteiger partial charge in [-0.25, -0.2) is 9.97 Å². The van der Waals surface area contributed by atoms with Gasteiger partial charge in [0.15, 0.2) is 0 Å². The molecule has 2 rings (SSSR count). The molecule has 0 aromatic carbocycles. The van der Waals surface area contributed by atoms with Gasteiger partial charge in [-0.3, -0.25) is 0 Å². The molecule has 1 aliphatic rings. The lowest BCUT2D eigenvalue weighted by atomic mass is 10.3. The summed E-state index contributed by atoms with van der Waals surface area (Å²) < 4.78 is 36.9. The van der Waals surface area contributed by atoms with Crippen LogP contribution >= 0.6 is 0 Å². The lowest BCUT2D eigenvalue weighted by Crippen LogP contribution is -2.34. The SMILES string of the molecule is C[C@@H](CNc1ncc(C(F)(F)F)cn1)NCC1CC1. The van der Waals surface area contributed by atoms with E-state index in [-0.39, 0.29) is 12.0 Å². The second-order valence-electron chi connectivity index (χ2n) is 4.93. The molecule has 1 saturated carbocycles. The highest BCUT2D eigenvalue weighted by molar-refractivity contribution is 5.25. The number of alkyl halides is 3. The summed E-state index contributed by atoms with van der Waals surface area (Å²) in [5, 5.41) is 6.27. The van der Waals surface area contributed by atoms with Crippen molar-refractivity contribution in [3.8, 4) is 0 Å². The van der Waals surface area contributed by atoms with E-state index in [0.29, 0.717) is 6.54 Å². The fraction of sp³-hybridized carbons (Fsp3) is 0.667. The number of hydrogen-bond donors (Lipinski definition) is 2. The van der Waals surface area contributed by atoms with Crippen molar-refractivity contribution in [3.05, 3.63) is 18.0 Å². The van der Waals surface area contributed by atoms with Crippen LogP contribution in [-0.4, -0.2) is 29.1 Å². The first kappa shape index (κ1) is 14.0. The molecule has 1 fully saturated rings. The Labute approximate surface area is 109 Å². The highest BCUT2D eigenvalue weighted by atomic mass is 19.4. The summed E-state index contributed by atoms with van der Waals surface area (Å²) in [6.45, 7) is 3.59. The van der Waals surface area contributed by atoms with Crippen molar-refractivity contribution in [2.45, 2.75) is 32.0 Å². The van der Waals surface area contributed by atoms with Crippen molar-refractivity contribution in [1.82, 2.24) is 15.3 Å². The topological polar surface area (TPSA) is 49.8 Å². The number of aromatic nitrogens is 2. The number of rotatable bonds is 6. The van der Waals surface area contributed by atoms with Gasteiger partial charge in [-0.15, -0.1) is 0 Å². The normalized spacial score (nSPS) is 17.3. The van der Waals surface area contributed by atoms with Gasteiger partial charge in [0, 0.05) is 25.0 Å². The Morgan fingerprint density at radius 1 is 1.32 bits per heavy atom. The standard InChI is InChI=1S/C12H17F3N4/c1-8(16-5-9-2-3-9)4-17-11-18-6-10(7-19-11)12(13,14)15/h6-9,16H,2-5H2,1H3,(H,17,18,19)/t8-/m0/s1. The molecule has 1 heterocycles. The minimum atomic E-state index is -4.39. The van der Waals surface area contributed by atoms with E-state index in [1.807, 2.05) is 6.92 Å². The molecular formula is C12H17F3N4. The molecule has 1 aliphatic carbocycles. The molecule has 0 aliphatic heterocycles. The van der Waals surface area contributed by atoms with Crippen LogP contribution in [-0.2, 0) is 6.18 Å². The molecule has 1 aromatic heterocycles. The van der Waals surface area contributed by atoms with Crippen molar-refractivity contribution in [2.24, 2.45) is 5.92 Å². The Hall–Kier alpha value is -1.37. The number of nitrogens with zero attached hydrogens (tertiary/aromatic N) is 2.